The number of carbonyl (C=O) groups is 1. The summed E-state index contributed by atoms with van der Waals surface area (Å²) in [4.78, 5) is 13.1. The third-order valence-electron chi connectivity index (χ3n) is 12.7. The van der Waals surface area contributed by atoms with E-state index in [2.05, 4.69) is 23.3 Å². The van der Waals surface area contributed by atoms with E-state index in [9.17, 15) is 38.2 Å². The number of unbranched alkanes of at least 4 members (excludes halogenated alkanes) is 33. The molecule has 1 rings (SSSR count). The molecule has 7 atom stereocenters. The van der Waals surface area contributed by atoms with Gasteiger partial charge in [0.1, 0.15) is 24.4 Å². The van der Waals surface area contributed by atoms with Crippen LogP contribution in [0.1, 0.15) is 251 Å². The zero-order valence-corrected chi connectivity index (χ0v) is 40.5. The Bertz CT molecular complexity index is 1120. The van der Waals surface area contributed by atoms with E-state index in [0.29, 0.717) is 12.8 Å². The number of carbonyl (C=O) groups excluding carboxylic acids is 1. The molecule has 370 valence electrons. The summed E-state index contributed by atoms with van der Waals surface area (Å²) in [7, 11) is -5.07. The second kappa shape index (κ2) is 40.4. The van der Waals surface area contributed by atoms with E-state index in [-0.39, 0.29) is 12.5 Å². The van der Waals surface area contributed by atoms with Crippen LogP contribution in [0.3, 0.4) is 0 Å². The lowest BCUT2D eigenvalue weighted by molar-refractivity contribution is -0.298. The van der Waals surface area contributed by atoms with Crippen molar-refractivity contribution in [2.75, 3.05) is 13.2 Å². The van der Waals surface area contributed by atoms with Crippen molar-refractivity contribution in [1.29, 1.82) is 0 Å². The predicted molar refractivity (Wildman–Crippen MR) is 250 cm³/mol. The van der Waals surface area contributed by atoms with Crippen LogP contribution in [-0.4, -0.2) is 95.4 Å². The van der Waals surface area contributed by atoms with Gasteiger partial charge in [-0.05, 0) is 12.8 Å². The van der Waals surface area contributed by atoms with Crippen molar-refractivity contribution in [3.8, 4) is 0 Å². The summed E-state index contributed by atoms with van der Waals surface area (Å²) in [6.07, 6.45) is 35.3. The minimum Gasteiger partial charge on any atom is -0.394 e. The molecule has 6 N–H and O–H groups in total. The van der Waals surface area contributed by atoms with Crippen molar-refractivity contribution < 1.29 is 51.8 Å². The Morgan fingerprint density at radius 2 is 0.935 bits per heavy atom. The number of aliphatic hydroxyl groups is 4. The van der Waals surface area contributed by atoms with Crippen molar-refractivity contribution in [3.63, 3.8) is 0 Å². The van der Waals surface area contributed by atoms with Crippen LogP contribution in [0.4, 0.5) is 0 Å². The van der Waals surface area contributed by atoms with Crippen LogP contribution in [-0.2, 0) is 28.9 Å². The highest BCUT2D eigenvalue weighted by atomic mass is 32.3. The normalized spacial score (nSPS) is 20.4. The molecule has 12 nitrogen and oxygen atoms in total. The fourth-order valence-electron chi connectivity index (χ4n) is 8.64. The fourth-order valence-corrected chi connectivity index (χ4v) is 9.15. The third kappa shape index (κ3) is 32.7. The van der Waals surface area contributed by atoms with Gasteiger partial charge in [0, 0.05) is 6.42 Å². The first-order valence-electron chi connectivity index (χ1n) is 25.9. The Balaban J connectivity index is 2.40. The molecule has 0 aromatic carbocycles. The van der Waals surface area contributed by atoms with Crippen molar-refractivity contribution in [2.45, 2.75) is 294 Å². The summed E-state index contributed by atoms with van der Waals surface area (Å²) < 4.78 is 47.8. The maximum atomic E-state index is 13.1. The summed E-state index contributed by atoms with van der Waals surface area (Å²) in [5.74, 6) is -0.224. The van der Waals surface area contributed by atoms with E-state index in [1.54, 1.807) is 0 Å². The average Bonchev–Trinajstić information content (AvgIpc) is 3.24. The quantitative estimate of drug-likeness (QED) is 0.0252. The SMILES string of the molecule is CCCCCCCCCCCCCCCCCCCCCCC(=O)NC(COC1OC(CO)C(O)C(OS(=O)(=O)O)C1O)C(O)CCCCCCCCCCCCCCCCC. The van der Waals surface area contributed by atoms with Gasteiger partial charge in [0.05, 0.1) is 25.4 Å². The van der Waals surface area contributed by atoms with Crippen molar-refractivity contribution in [3.05, 3.63) is 0 Å². The van der Waals surface area contributed by atoms with E-state index in [1.807, 2.05) is 0 Å². The minimum atomic E-state index is -5.07. The number of nitrogens with one attached hydrogen (secondary N) is 1. The van der Waals surface area contributed by atoms with Gasteiger partial charge in [-0.25, -0.2) is 4.18 Å². The van der Waals surface area contributed by atoms with Gasteiger partial charge in [0.15, 0.2) is 6.29 Å². The molecule has 0 saturated carbocycles. The molecular weight excluding hydrogens is 811 g/mol. The highest BCUT2D eigenvalue weighted by molar-refractivity contribution is 7.80. The monoisotopic (exact) mass is 908 g/mol. The predicted octanol–water partition coefficient (Wildman–Crippen LogP) is 10.9. The van der Waals surface area contributed by atoms with E-state index in [0.717, 1.165) is 51.4 Å². The second-order valence-corrected chi connectivity index (χ2v) is 19.5. The highest BCUT2D eigenvalue weighted by Gasteiger charge is 2.48. The molecule has 62 heavy (non-hydrogen) atoms. The molecule has 1 heterocycles. The number of hydrogen-bond acceptors (Lipinski definition) is 10. The van der Waals surface area contributed by atoms with Gasteiger partial charge in [-0.1, -0.05) is 232 Å². The molecule has 0 aromatic rings. The minimum absolute atomic E-state index is 0.224. The maximum Gasteiger partial charge on any atom is 0.397 e. The summed E-state index contributed by atoms with van der Waals surface area (Å²) in [5.41, 5.74) is 0. The van der Waals surface area contributed by atoms with Gasteiger partial charge in [-0.3, -0.25) is 9.35 Å². The van der Waals surface area contributed by atoms with Crippen LogP contribution in [0, 0.1) is 0 Å². The van der Waals surface area contributed by atoms with Gasteiger partial charge >= 0.3 is 10.4 Å². The van der Waals surface area contributed by atoms with E-state index in [4.69, 9.17) is 9.47 Å². The summed E-state index contributed by atoms with van der Waals surface area (Å²) in [6, 6.07) is -0.851. The van der Waals surface area contributed by atoms with Crippen molar-refractivity contribution in [2.24, 2.45) is 0 Å². The Morgan fingerprint density at radius 3 is 1.29 bits per heavy atom. The molecule has 0 radical (unpaired) electrons. The number of rotatable bonds is 45. The molecule has 0 bridgehead atoms. The molecular formula is C49H97NO11S. The highest BCUT2D eigenvalue weighted by Crippen LogP contribution is 2.26. The van der Waals surface area contributed by atoms with Crippen molar-refractivity contribution in [1.82, 2.24) is 5.32 Å². The molecule has 0 spiro atoms. The first-order chi connectivity index (χ1) is 30.0. The first kappa shape index (κ1) is 59.1. The Morgan fingerprint density at radius 1 is 0.581 bits per heavy atom. The molecule has 13 heteroatoms. The number of aliphatic hydroxyl groups excluding tert-OH is 4. The van der Waals surface area contributed by atoms with Gasteiger partial charge < -0.3 is 35.2 Å². The van der Waals surface area contributed by atoms with Crippen LogP contribution in [0.2, 0.25) is 0 Å². The summed E-state index contributed by atoms with van der Waals surface area (Å²) in [5, 5.41) is 45.0. The van der Waals surface area contributed by atoms with Gasteiger partial charge in [-0.2, -0.15) is 8.42 Å². The van der Waals surface area contributed by atoms with Crippen LogP contribution in [0.25, 0.3) is 0 Å². The lowest BCUT2D eigenvalue weighted by Crippen LogP contribution is -2.61. The number of hydrogen-bond donors (Lipinski definition) is 6. The Hall–Kier alpha value is -0.900. The summed E-state index contributed by atoms with van der Waals surface area (Å²) in [6.45, 7) is 3.48. The van der Waals surface area contributed by atoms with E-state index >= 15 is 0 Å². The molecule has 0 aromatic heterocycles. The third-order valence-corrected chi connectivity index (χ3v) is 13.1. The molecule has 0 aliphatic carbocycles. The number of ether oxygens (including phenoxy) is 2. The van der Waals surface area contributed by atoms with Gasteiger partial charge in [-0.15, -0.1) is 0 Å². The lowest BCUT2D eigenvalue weighted by atomic mass is 9.99. The molecule has 1 fully saturated rings. The zero-order chi connectivity index (χ0) is 45.5. The van der Waals surface area contributed by atoms with Crippen LogP contribution >= 0.6 is 0 Å². The number of amides is 1. The van der Waals surface area contributed by atoms with E-state index in [1.165, 1.54) is 173 Å². The van der Waals surface area contributed by atoms with Crippen LogP contribution in [0.15, 0.2) is 0 Å². The zero-order valence-electron chi connectivity index (χ0n) is 39.7. The van der Waals surface area contributed by atoms with Crippen LogP contribution < -0.4 is 5.32 Å². The average molecular weight is 908 g/mol. The molecule has 1 aliphatic heterocycles. The molecule has 1 saturated heterocycles. The van der Waals surface area contributed by atoms with Gasteiger partial charge in [0.2, 0.25) is 5.91 Å². The molecule has 1 amide bonds. The Labute approximate surface area is 379 Å². The topological polar surface area (TPSA) is 192 Å². The summed E-state index contributed by atoms with van der Waals surface area (Å²) >= 11 is 0. The molecule has 1 aliphatic rings. The van der Waals surface area contributed by atoms with Crippen molar-refractivity contribution >= 4 is 16.3 Å². The van der Waals surface area contributed by atoms with Crippen LogP contribution in [0.5, 0.6) is 0 Å². The largest absolute Gasteiger partial charge is 0.397 e. The molecule has 7 unspecified atom stereocenters. The second-order valence-electron chi connectivity index (χ2n) is 18.5. The Kier molecular flexibility index (Phi) is 38.5. The van der Waals surface area contributed by atoms with E-state index < -0.39 is 59.9 Å². The standard InChI is InChI=1S/C49H97NO11S/c1-3-5-7-9-11-13-15-17-19-20-21-22-23-25-27-29-31-33-35-37-39-45(53)50-42(41-59-49-47(55)48(61-62(56,57)58)46(54)44(40-51)60-49)43(52)38-36-34-32-30-28-26-24-18-16-14-12-10-8-6-4-2/h42-44,46-49,51-52,54-55H,3-41H2,1-2H3,(H,50,53)(H,56,57,58). The van der Waals surface area contributed by atoms with Gasteiger partial charge in [0.25, 0.3) is 0 Å². The smallest absolute Gasteiger partial charge is 0.394 e. The maximum absolute atomic E-state index is 13.1. The first-order valence-corrected chi connectivity index (χ1v) is 27.3. The lowest BCUT2D eigenvalue weighted by Gasteiger charge is -2.41. The fraction of sp³-hybridized carbons (Fsp3) is 0.980.